The summed E-state index contributed by atoms with van der Waals surface area (Å²) in [4.78, 5) is 10.8. The minimum atomic E-state index is -0.764. The predicted molar refractivity (Wildman–Crippen MR) is 60.4 cm³/mol. The lowest BCUT2D eigenvalue weighted by Gasteiger charge is -2.33. The van der Waals surface area contributed by atoms with Crippen LogP contribution in [0.5, 0.6) is 5.75 Å². The normalized spacial score (nSPS) is 17.8. The summed E-state index contributed by atoms with van der Waals surface area (Å²) in [7, 11) is 0. The largest absolute Gasteiger partial charge is 0.508 e. The molecule has 3 heteroatoms. The van der Waals surface area contributed by atoms with Crippen LogP contribution >= 0.6 is 0 Å². The molecule has 16 heavy (non-hydrogen) atoms. The summed E-state index contributed by atoms with van der Waals surface area (Å²) in [5.74, 6) is -0.0243. The number of phenolic OH excluding ortho intramolecular Hbond substituents is 1. The van der Waals surface area contributed by atoms with Crippen molar-refractivity contribution in [1.82, 2.24) is 0 Å². The molecule has 0 spiro atoms. The molecule has 1 atom stereocenters. The van der Waals surface area contributed by atoms with E-state index in [0.29, 0.717) is 5.92 Å². The molecule has 1 fully saturated rings. The number of benzene rings is 1. The minimum Gasteiger partial charge on any atom is -0.508 e. The van der Waals surface area contributed by atoms with Gasteiger partial charge in [-0.3, -0.25) is 4.79 Å². The molecule has 86 valence electrons. The van der Waals surface area contributed by atoms with Gasteiger partial charge in [0.15, 0.2) is 0 Å². The van der Waals surface area contributed by atoms with Crippen molar-refractivity contribution in [2.24, 2.45) is 5.92 Å². The van der Waals surface area contributed by atoms with Gasteiger partial charge in [0.25, 0.3) is 0 Å². The second-order valence-corrected chi connectivity index (χ2v) is 4.49. The molecule has 1 aliphatic carbocycles. The molecular weight excluding hydrogens is 204 g/mol. The maximum absolute atomic E-state index is 10.8. The number of carboxylic acids is 1. The topological polar surface area (TPSA) is 57.5 Å². The van der Waals surface area contributed by atoms with Gasteiger partial charge in [0, 0.05) is 0 Å². The van der Waals surface area contributed by atoms with Crippen molar-refractivity contribution in [2.45, 2.75) is 31.6 Å². The summed E-state index contributed by atoms with van der Waals surface area (Å²) in [5.41, 5.74) is 0.951. The highest BCUT2D eigenvalue weighted by atomic mass is 16.4. The molecular formula is C13H16O3. The summed E-state index contributed by atoms with van der Waals surface area (Å²) in [6, 6.07) is 6.98. The Kier molecular flexibility index (Phi) is 3.13. The van der Waals surface area contributed by atoms with Crippen LogP contribution in [-0.2, 0) is 4.79 Å². The maximum atomic E-state index is 10.8. The second-order valence-electron chi connectivity index (χ2n) is 4.49. The first-order valence-corrected chi connectivity index (χ1v) is 5.67. The van der Waals surface area contributed by atoms with Gasteiger partial charge in [0.1, 0.15) is 5.75 Å². The number of aliphatic carboxylic acids is 1. The fourth-order valence-corrected chi connectivity index (χ4v) is 2.34. The van der Waals surface area contributed by atoms with E-state index in [9.17, 15) is 9.90 Å². The Morgan fingerprint density at radius 2 is 2.19 bits per heavy atom. The van der Waals surface area contributed by atoms with Crippen LogP contribution in [0.2, 0.25) is 0 Å². The van der Waals surface area contributed by atoms with Crippen LogP contribution in [0.25, 0.3) is 0 Å². The fourth-order valence-electron chi connectivity index (χ4n) is 2.34. The van der Waals surface area contributed by atoms with E-state index >= 15 is 0 Å². The Morgan fingerprint density at radius 3 is 2.69 bits per heavy atom. The van der Waals surface area contributed by atoms with E-state index in [2.05, 4.69) is 0 Å². The molecule has 1 saturated carbocycles. The molecule has 1 aromatic rings. The van der Waals surface area contributed by atoms with E-state index < -0.39 is 5.97 Å². The lowest BCUT2D eigenvalue weighted by atomic mass is 9.72. The smallest absolute Gasteiger partial charge is 0.303 e. The highest BCUT2D eigenvalue weighted by Gasteiger charge is 2.30. The van der Waals surface area contributed by atoms with E-state index in [1.165, 1.54) is 6.42 Å². The molecule has 0 aliphatic heterocycles. The quantitative estimate of drug-likeness (QED) is 0.820. The molecule has 0 bridgehead atoms. The highest BCUT2D eigenvalue weighted by molar-refractivity contribution is 5.68. The van der Waals surface area contributed by atoms with Crippen molar-refractivity contribution in [2.75, 3.05) is 0 Å². The summed E-state index contributed by atoms with van der Waals surface area (Å²) in [6.45, 7) is 0. The van der Waals surface area contributed by atoms with Gasteiger partial charge in [-0.15, -0.1) is 0 Å². The van der Waals surface area contributed by atoms with E-state index in [1.807, 2.05) is 6.07 Å². The van der Waals surface area contributed by atoms with E-state index in [-0.39, 0.29) is 18.1 Å². The van der Waals surface area contributed by atoms with E-state index in [1.54, 1.807) is 18.2 Å². The third-order valence-electron chi connectivity index (χ3n) is 3.41. The Labute approximate surface area is 94.7 Å². The fraction of sp³-hybridized carbons (Fsp3) is 0.462. The number of phenols is 1. The van der Waals surface area contributed by atoms with Gasteiger partial charge in [-0.25, -0.2) is 0 Å². The number of carbonyl (C=O) groups is 1. The van der Waals surface area contributed by atoms with Crippen LogP contribution in [0.1, 0.15) is 37.2 Å². The van der Waals surface area contributed by atoms with Gasteiger partial charge in [-0.05, 0) is 42.4 Å². The highest BCUT2D eigenvalue weighted by Crippen LogP contribution is 2.41. The van der Waals surface area contributed by atoms with Crippen LogP contribution in [-0.4, -0.2) is 16.2 Å². The average molecular weight is 220 g/mol. The van der Waals surface area contributed by atoms with Gasteiger partial charge in [0.2, 0.25) is 0 Å². The van der Waals surface area contributed by atoms with Crippen LogP contribution in [0, 0.1) is 5.92 Å². The van der Waals surface area contributed by atoms with Crippen LogP contribution in [0.3, 0.4) is 0 Å². The Morgan fingerprint density at radius 1 is 1.44 bits per heavy atom. The molecule has 0 radical (unpaired) electrons. The van der Waals surface area contributed by atoms with Gasteiger partial charge in [0.05, 0.1) is 6.42 Å². The molecule has 0 aromatic heterocycles. The van der Waals surface area contributed by atoms with Crippen LogP contribution in [0.4, 0.5) is 0 Å². The van der Waals surface area contributed by atoms with E-state index in [0.717, 1.165) is 18.4 Å². The van der Waals surface area contributed by atoms with Gasteiger partial charge >= 0.3 is 5.97 Å². The lowest BCUT2D eigenvalue weighted by molar-refractivity contribution is -0.138. The monoisotopic (exact) mass is 220 g/mol. The maximum Gasteiger partial charge on any atom is 0.303 e. The second kappa shape index (κ2) is 4.56. The first kappa shape index (κ1) is 11.0. The van der Waals surface area contributed by atoms with Gasteiger partial charge in [-0.2, -0.15) is 0 Å². The molecule has 0 heterocycles. The summed E-state index contributed by atoms with van der Waals surface area (Å²) < 4.78 is 0. The first-order chi connectivity index (χ1) is 7.66. The summed E-state index contributed by atoms with van der Waals surface area (Å²) in [6.07, 6.45) is 3.56. The van der Waals surface area contributed by atoms with Crippen molar-refractivity contribution in [1.29, 1.82) is 0 Å². The van der Waals surface area contributed by atoms with Crippen molar-refractivity contribution < 1.29 is 15.0 Å². The zero-order valence-corrected chi connectivity index (χ0v) is 9.10. The Hall–Kier alpha value is -1.51. The molecule has 3 nitrogen and oxygen atoms in total. The molecule has 0 amide bonds. The molecule has 0 unspecified atom stereocenters. The SMILES string of the molecule is O=C(O)C[C@@H](c1cccc(O)c1)C1CCC1. The van der Waals surface area contributed by atoms with Gasteiger partial charge < -0.3 is 10.2 Å². The summed E-state index contributed by atoms with van der Waals surface area (Å²) in [5, 5.41) is 18.3. The van der Waals surface area contributed by atoms with Crippen LogP contribution in [0.15, 0.2) is 24.3 Å². The number of hydrogen-bond acceptors (Lipinski definition) is 2. The number of rotatable bonds is 4. The third kappa shape index (κ3) is 2.35. The van der Waals surface area contributed by atoms with Gasteiger partial charge in [-0.1, -0.05) is 18.6 Å². The van der Waals surface area contributed by atoms with Crippen molar-refractivity contribution >= 4 is 5.97 Å². The zero-order valence-electron chi connectivity index (χ0n) is 9.10. The first-order valence-electron chi connectivity index (χ1n) is 5.67. The van der Waals surface area contributed by atoms with Crippen molar-refractivity contribution in [3.8, 4) is 5.75 Å². The molecule has 2 N–H and O–H groups in total. The average Bonchev–Trinajstić information content (AvgIpc) is 2.13. The van der Waals surface area contributed by atoms with Crippen molar-refractivity contribution in [3.05, 3.63) is 29.8 Å². The molecule has 1 aliphatic rings. The van der Waals surface area contributed by atoms with Crippen LogP contribution < -0.4 is 0 Å². The number of hydrogen-bond donors (Lipinski definition) is 2. The standard InChI is InChI=1S/C13H16O3/c14-11-6-2-5-10(7-11)12(8-13(15)16)9-3-1-4-9/h2,5-7,9,12,14H,1,3-4,8H2,(H,15,16)/t12-/m1/s1. The van der Waals surface area contributed by atoms with E-state index in [4.69, 9.17) is 5.11 Å². The summed E-state index contributed by atoms with van der Waals surface area (Å²) >= 11 is 0. The minimum absolute atomic E-state index is 0.0540. The Balaban J connectivity index is 2.19. The predicted octanol–water partition coefficient (Wildman–Crippen LogP) is 2.75. The zero-order chi connectivity index (χ0) is 11.5. The number of carboxylic acid groups (broad SMARTS) is 1. The molecule has 0 saturated heterocycles. The number of aromatic hydroxyl groups is 1. The third-order valence-corrected chi connectivity index (χ3v) is 3.41. The van der Waals surface area contributed by atoms with Crippen molar-refractivity contribution in [3.63, 3.8) is 0 Å². The Bertz CT molecular complexity index is 383. The molecule has 2 rings (SSSR count). The lowest BCUT2D eigenvalue weighted by Crippen LogP contribution is -2.22. The molecule has 1 aromatic carbocycles.